The normalized spacial score (nSPS) is 25.2. The predicted octanol–water partition coefficient (Wildman–Crippen LogP) is 6.31. The van der Waals surface area contributed by atoms with Crippen LogP contribution in [0.1, 0.15) is 105 Å². The van der Waals surface area contributed by atoms with Gasteiger partial charge in [0.2, 0.25) is 0 Å². The number of rotatable bonds is 13. The Kier molecular flexibility index (Phi) is 9.03. The van der Waals surface area contributed by atoms with Crippen molar-refractivity contribution >= 4 is 11.9 Å². The SMILES string of the molecule is CCCCCCCCC(CC1CCC2CC1C2(C)C)(C(=O)OCC)C(=O)OCC. The number of fused-ring (bicyclic) bond motifs is 2. The van der Waals surface area contributed by atoms with Crippen molar-refractivity contribution in [2.24, 2.45) is 28.6 Å². The molecule has 0 N–H and O–H groups in total. The quantitative estimate of drug-likeness (QED) is 0.203. The van der Waals surface area contributed by atoms with Gasteiger partial charge in [-0.05, 0) is 69.1 Å². The predicted molar refractivity (Wildman–Crippen MR) is 116 cm³/mol. The minimum Gasteiger partial charge on any atom is -0.465 e. The highest BCUT2D eigenvalue weighted by atomic mass is 16.6. The van der Waals surface area contributed by atoms with E-state index in [9.17, 15) is 9.59 Å². The van der Waals surface area contributed by atoms with Gasteiger partial charge in [-0.15, -0.1) is 0 Å². The van der Waals surface area contributed by atoms with Crippen molar-refractivity contribution < 1.29 is 19.1 Å². The second-order valence-corrected chi connectivity index (χ2v) is 9.94. The summed E-state index contributed by atoms with van der Waals surface area (Å²) in [6, 6.07) is 0. The van der Waals surface area contributed by atoms with Crippen LogP contribution in [-0.2, 0) is 19.1 Å². The van der Waals surface area contributed by atoms with Crippen molar-refractivity contribution in [2.75, 3.05) is 13.2 Å². The highest BCUT2D eigenvalue weighted by molar-refractivity contribution is 6.00. The molecule has 3 unspecified atom stereocenters. The van der Waals surface area contributed by atoms with E-state index in [1.54, 1.807) is 0 Å². The van der Waals surface area contributed by atoms with E-state index in [2.05, 4.69) is 20.8 Å². The molecular weight excluding hydrogens is 364 g/mol. The van der Waals surface area contributed by atoms with Crippen LogP contribution in [0.4, 0.5) is 0 Å². The van der Waals surface area contributed by atoms with Gasteiger partial charge in [0, 0.05) is 0 Å². The number of carbonyl (C=O) groups excluding carboxylic acids is 2. The van der Waals surface area contributed by atoms with Crippen molar-refractivity contribution in [3.8, 4) is 0 Å². The molecule has 0 heterocycles. The summed E-state index contributed by atoms with van der Waals surface area (Å²) in [4.78, 5) is 26.4. The monoisotopic (exact) mass is 408 g/mol. The van der Waals surface area contributed by atoms with E-state index < -0.39 is 5.41 Å². The topological polar surface area (TPSA) is 52.6 Å². The van der Waals surface area contributed by atoms with E-state index in [1.165, 1.54) is 32.1 Å². The zero-order valence-corrected chi connectivity index (χ0v) is 19.6. The molecule has 4 heteroatoms. The number of unbranched alkanes of at least 4 members (excludes halogenated alkanes) is 5. The molecule has 168 valence electrons. The molecule has 3 fully saturated rings. The van der Waals surface area contributed by atoms with Crippen LogP contribution in [0.15, 0.2) is 0 Å². The third kappa shape index (κ3) is 5.35. The van der Waals surface area contributed by atoms with Crippen LogP contribution in [0.5, 0.6) is 0 Å². The fraction of sp³-hybridized carbons (Fsp3) is 0.920. The van der Waals surface area contributed by atoms with Crippen LogP contribution in [0.2, 0.25) is 0 Å². The molecule has 0 amide bonds. The van der Waals surface area contributed by atoms with Gasteiger partial charge >= 0.3 is 11.9 Å². The fourth-order valence-corrected chi connectivity index (χ4v) is 5.96. The minimum absolute atomic E-state index is 0.304. The highest BCUT2D eigenvalue weighted by Crippen LogP contribution is 2.63. The Balaban J connectivity index is 2.16. The third-order valence-electron chi connectivity index (χ3n) is 7.90. The maximum Gasteiger partial charge on any atom is 0.323 e. The molecule has 3 atom stereocenters. The summed E-state index contributed by atoms with van der Waals surface area (Å²) in [5.41, 5.74) is -0.794. The number of esters is 2. The average Bonchev–Trinajstić information content (AvgIpc) is 2.69. The molecule has 0 aromatic carbocycles. The highest BCUT2D eigenvalue weighted by Gasteiger charge is 2.58. The molecule has 0 spiro atoms. The van der Waals surface area contributed by atoms with Crippen molar-refractivity contribution in [1.29, 1.82) is 0 Å². The zero-order chi connectivity index (χ0) is 21.5. The Bertz CT molecular complexity index is 519. The van der Waals surface area contributed by atoms with Gasteiger partial charge in [0.05, 0.1) is 13.2 Å². The van der Waals surface area contributed by atoms with Crippen molar-refractivity contribution in [2.45, 2.75) is 105 Å². The summed E-state index contributed by atoms with van der Waals surface area (Å²) < 4.78 is 10.9. The average molecular weight is 409 g/mol. The zero-order valence-electron chi connectivity index (χ0n) is 19.6. The molecule has 2 bridgehead atoms. The van der Waals surface area contributed by atoms with Gasteiger partial charge in [-0.2, -0.15) is 0 Å². The summed E-state index contributed by atoms with van der Waals surface area (Å²) >= 11 is 0. The van der Waals surface area contributed by atoms with Crippen LogP contribution in [0.25, 0.3) is 0 Å². The number of hydrogen-bond donors (Lipinski definition) is 0. The van der Waals surface area contributed by atoms with Gasteiger partial charge in [-0.3, -0.25) is 9.59 Å². The third-order valence-corrected chi connectivity index (χ3v) is 7.90. The lowest BCUT2D eigenvalue weighted by Gasteiger charge is -2.61. The first-order valence-electron chi connectivity index (χ1n) is 12.2. The Morgan fingerprint density at radius 2 is 1.48 bits per heavy atom. The molecule has 3 aliphatic rings. The number of carbonyl (C=O) groups is 2. The van der Waals surface area contributed by atoms with Gasteiger partial charge in [0.25, 0.3) is 0 Å². The van der Waals surface area contributed by atoms with Crippen LogP contribution in [0, 0.1) is 28.6 Å². The van der Waals surface area contributed by atoms with E-state index in [1.807, 2.05) is 13.8 Å². The van der Waals surface area contributed by atoms with Crippen molar-refractivity contribution in [3.05, 3.63) is 0 Å². The fourth-order valence-electron chi connectivity index (χ4n) is 5.96. The molecular formula is C25H44O4. The molecule has 4 nitrogen and oxygen atoms in total. The van der Waals surface area contributed by atoms with E-state index in [0.29, 0.717) is 43.3 Å². The maximum atomic E-state index is 13.2. The molecule has 3 saturated carbocycles. The molecule has 0 aliphatic heterocycles. The summed E-state index contributed by atoms with van der Waals surface area (Å²) in [6.07, 6.45) is 11.5. The molecule has 3 rings (SSSR count). The van der Waals surface area contributed by atoms with Gasteiger partial charge in [-0.1, -0.05) is 59.3 Å². The second-order valence-electron chi connectivity index (χ2n) is 9.94. The second kappa shape index (κ2) is 10.8. The van der Waals surface area contributed by atoms with Crippen LogP contribution < -0.4 is 0 Å². The van der Waals surface area contributed by atoms with Crippen LogP contribution >= 0.6 is 0 Å². The van der Waals surface area contributed by atoms with E-state index >= 15 is 0 Å². The Morgan fingerprint density at radius 1 is 0.897 bits per heavy atom. The van der Waals surface area contributed by atoms with Crippen molar-refractivity contribution in [1.82, 2.24) is 0 Å². The molecule has 0 aromatic heterocycles. The first-order chi connectivity index (χ1) is 13.8. The summed E-state index contributed by atoms with van der Waals surface area (Å²) in [5, 5.41) is 0. The molecule has 0 aromatic rings. The van der Waals surface area contributed by atoms with Crippen LogP contribution in [-0.4, -0.2) is 25.2 Å². The van der Waals surface area contributed by atoms with Gasteiger partial charge in [-0.25, -0.2) is 0 Å². The Morgan fingerprint density at radius 3 is 2.00 bits per heavy atom. The Hall–Kier alpha value is -1.06. The van der Waals surface area contributed by atoms with Crippen molar-refractivity contribution in [3.63, 3.8) is 0 Å². The largest absolute Gasteiger partial charge is 0.465 e. The maximum absolute atomic E-state index is 13.2. The molecule has 3 aliphatic carbocycles. The van der Waals surface area contributed by atoms with Gasteiger partial charge in [0.15, 0.2) is 5.41 Å². The number of ether oxygens (including phenoxy) is 2. The lowest BCUT2D eigenvalue weighted by molar-refractivity contribution is -0.179. The molecule has 0 radical (unpaired) electrons. The summed E-state index contributed by atoms with van der Waals surface area (Å²) in [6.45, 7) is 11.2. The molecule has 0 saturated heterocycles. The lowest BCUT2D eigenvalue weighted by Crippen LogP contribution is -2.54. The summed E-state index contributed by atoms with van der Waals surface area (Å²) in [7, 11) is 0. The molecule has 29 heavy (non-hydrogen) atoms. The lowest BCUT2D eigenvalue weighted by atomic mass is 9.44. The van der Waals surface area contributed by atoms with Gasteiger partial charge < -0.3 is 9.47 Å². The number of hydrogen-bond acceptors (Lipinski definition) is 4. The van der Waals surface area contributed by atoms with Gasteiger partial charge in [0.1, 0.15) is 0 Å². The summed E-state index contributed by atoms with van der Waals surface area (Å²) in [5.74, 6) is 1.11. The Labute approximate surface area is 178 Å². The van der Waals surface area contributed by atoms with Crippen LogP contribution in [0.3, 0.4) is 0 Å². The first-order valence-corrected chi connectivity index (χ1v) is 12.2. The standard InChI is InChI=1S/C25H44O4/c1-6-9-10-11-12-13-16-25(22(26)28-7-2,23(27)29-8-3)18-19-14-15-20-17-21(19)24(20,4)5/h19-21H,6-18H2,1-5H3. The van der Waals surface area contributed by atoms with E-state index in [0.717, 1.165) is 31.6 Å². The first kappa shape index (κ1) is 24.2. The smallest absolute Gasteiger partial charge is 0.323 e. The minimum atomic E-state index is -1.13. The van der Waals surface area contributed by atoms with E-state index in [-0.39, 0.29) is 11.9 Å². The van der Waals surface area contributed by atoms with E-state index in [4.69, 9.17) is 9.47 Å².